The summed E-state index contributed by atoms with van der Waals surface area (Å²) in [4.78, 5) is 11.6. The van der Waals surface area contributed by atoms with Gasteiger partial charge in [-0.25, -0.2) is 0 Å². The highest BCUT2D eigenvalue weighted by Crippen LogP contribution is 2.22. The summed E-state index contributed by atoms with van der Waals surface area (Å²) in [6.07, 6.45) is 0. The summed E-state index contributed by atoms with van der Waals surface area (Å²) in [5.41, 5.74) is 6.63. The van der Waals surface area contributed by atoms with Crippen LogP contribution in [0.5, 0.6) is 0 Å². The van der Waals surface area contributed by atoms with E-state index >= 15 is 0 Å². The fourth-order valence-electron chi connectivity index (χ4n) is 1.10. The molecule has 1 aromatic carbocycles. The second kappa shape index (κ2) is 5.51. The van der Waals surface area contributed by atoms with Crippen molar-refractivity contribution in [3.8, 4) is 0 Å². The Labute approximate surface area is 110 Å². The number of carbonyl (C=O) groups excluding carboxylic acids is 1. The van der Waals surface area contributed by atoms with Gasteiger partial charge in [0.1, 0.15) is 6.61 Å². The van der Waals surface area contributed by atoms with Gasteiger partial charge in [-0.15, -0.1) is 0 Å². The summed E-state index contributed by atoms with van der Waals surface area (Å²) < 4.78 is 6.17. The molecule has 5 heteroatoms. The molecule has 94 valence electrons. The lowest BCUT2D eigenvalue weighted by atomic mass is 10.2. The molecule has 0 atom stereocenters. The van der Waals surface area contributed by atoms with Crippen molar-refractivity contribution >= 4 is 33.2 Å². The van der Waals surface area contributed by atoms with Crippen molar-refractivity contribution in [1.82, 2.24) is 0 Å². The van der Waals surface area contributed by atoms with Gasteiger partial charge < -0.3 is 15.8 Å². The summed E-state index contributed by atoms with van der Waals surface area (Å²) in [7, 11) is 0. The minimum atomic E-state index is -0.323. The van der Waals surface area contributed by atoms with Crippen molar-refractivity contribution in [3.63, 3.8) is 0 Å². The molecule has 0 aliphatic rings. The molecule has 0 fully saturated rings. The fraction of sp³-hybridized carbons (Fsp3) is 0.417. The normalized spacial score (nSPS) is 11.3. The summed E-state index contributed by atoms with van der Waals surface area (Å²) >= 11 is 3.29. The van der Waals surface area contributed by atoms with E-state index in [1.807, 2.05) is 20.8 Å². The lowest BCUT2D eigenvalue weighted by Gasteiger charge is -2.19. The van der Waals surface area contributed by atoms with Gasteiger partial charge >= 0.3 is 0 Å². The molecule has 0 radical (unpaired) electrons. The van der Waals surface area contributed by atoms with Crippen LogP contribution in [-0.2, 0) is 9.53 Å². The number of rotatable bonds is 3. The maximum absolute atomic E-state index is 11.6. The van der Waals surface area contributed by atoms with Crippen LogP contribution >= 0.6 is 15.9 Å². The number of nitrogens with one attached hydrogen (secondary N) is 1. The number of nitrogens with two attached hydrogens (primary N) is 1. The van der Waals surface area contributed by atoms with Crippen LogP contribution in [0.2, 0.25) is 0 Å². The second-order valence-corrected chi connectivity index (χ2v) is 5.54. The van der Waals surface area contributed by atoms with Gasteiger partial charge in [0, 0.05) is 15.8 Å². The number of carbonyl (C=O) groups is 1. The molecule has 0 aliphatic carbocycles. The highest BCUT2D eigenvalue weighted by atomic mass is 79.9. The Kier molecular flexibility index (Phi) is 4.54. The van der Waals surface area contributed by atoms with E-state index in [0.29, 0.717) is 11.4 Å². The van der Waals surface area contributed by atoms with Crippen LogP contribution in [0.4, 0.5) is 11.4 Å². The summed E-state index contributed by atoms with van der Waals surface area (Å²) in [5, 5.41) is 2.72. The Bertz CT molecular complexity index is 413. The highest BCUT2D eigenvalue weighted by molar-refractivity contribution is 9.10. The standard InChI is InChI=1S/C12H17BrN2O2/c1-12(2,3)17-7-11(16)15-8-4-5-9(13)10(14)6-8/h4-6H,7,14H2,1-3H3,(H,15,16). The predicted octanol–water partition coefficient (Wildman–Crippen LogP) is 2.78. The van der Waals surface area contributed by atoms with Crippen molar-refractivity contribution in [2.24, 2.45) is 0 Å². The first kappa shape index (κ1) is 14.0. The molecule has 0 heterocycles. The Morgan fingerprint density at radius 1 is 1.47 bits per heavy atom. The largest absolute Gasteiger partial charge is 0.398 e. The third kappa shape index (κ3) is 5.19. The Morgan fingerprint density at radius 2 is 2.12 bits per heavy atom. The smallest absolute Gasteiger partial charge is 0.250 e. The molecule has 3 N–H and O–H groups in total. The van der Waals surface area contributed by atoms with E-state index in [1.54, 1.807) is 18.2 Å². The Balaban J connectivity index is 2.54. The van der Waals surface area contributed by atoms with E-state index in [1.165, 1.54) is 0 Å². The van der Waals surface area contributed by atoms with Crippen LogP contribution < -0.4 is 11.1 Å². The molecule has 0 bridgehead atoms. The Morgan fingerprint density at radius 3 is 2.65 bits per heavy atom. The minimum absolute atomic E-state index is 0.0273. The SMILES string of the molecule is CC(C)(C)OCC(=O)Nc1ccc(Br)c(N)c1. The van der Waals surface area contributed by atoms with Gasteiger partial charge in [-0.1, -0.05) is 0 Å². The molecule has 0 unspecified atom stereocenters. The highest BCUT2D eigenvalue weighted by Gasteiger charge is 2.13. The van der Waals surface area contributed by atoms with Crippen LogP contribution in [0.3, 0.4) is 0 Å². The van der Waals surface area contributed by atoms with E-state index in [0.717, 1.165) is 4.47 Å². The molecule has 0 saturated heterocycles. The predicted molar refractivity (Wildman–Crippen MR) is 72.9 cm³/mol. The van der Waals surface area contributed by atoms with Crippen LogP contribution in [0.15, 0.2) is 22.7 Å². The van der Waals surface area contributed by atoms with Gasteiger partial charge in [-0.05, 0) is 54.9 Å². The number of hydrogen-bond donors (Lipinski definition) is 2. The fourth-order valence-corrected chi connectivity index (χ4v) is 1.35. The van der Waals surface area contributed by atoms with Crippen molar-refractivity contribution in [3.05, 3.63) is 22.7 Å². The van der Waals surface area contributed by atoms with E-state index in [2.05, 4.69) is 21.2 Å². The van der Waals surface area contributed by atoms with Gasteiger partial charge in [0.05, 0.1) is 5.60 Å². The first-order valence-electron chi connectivity index (χ1n) is 5.27. The van der Waals surface area contributed by atoms with Crippen molar-refractivity contribution in [1.29, 1.82) is 0 Å². The molecule has 4 nitrogen and oxygen atoms in total. The average molecular weight is 301 g/mol. The van der Waals surface area contributed by atoms with E-state index in [9.17, 15) is 4.79 Å². The number of nitrogen functional groups attached to an aromatic ring is 1. The van der Waals surface area contributed by atoms with Gasteiger partial charge in [0.15, 0.2) is 0 Å². The Hall–Kier alpha value is -1.07. The molecule has 1 amide bonds. The molecule has 1 rings (SSSR count). The van der Waals surface area contributed by atoms with Gasteiger partial charge in [0.2, 0.25) is 5.91 Å². The third-order valence-corrected chi connectivity index (χ3v) is 2.64. The number of anilines is 2. The van der Waals surface area contributed by atoms with Crippen LogP contribution in [0.1, 0.15) is 20.8 Å². The molecular weight excluding hydrogens is 284 g/mol. The molecule has 17 heavy (non-hydrogen) atoms. The molecule has 1 aromatic rings. The first-order valence-corrected chi connectivity index (χ1v) is 6.06. The number of halogens is 1. The molecular formula is C12H17BrN2O2. The monoisotopic (exact) mass is 300 g/mol. The second-order valence-electron chi connectivity index (χ2n) is 4.69. The maximum Gasteiger partial charge on any atom is 0.250 e. The lowest BCUT2D eigenvalue weighted by Crippen LogP contribution is -2.27. The van der Waals surface area contributed by atoms with Gasteiger partial charge in [-0.3, -0.25) is 4.79 Å². The number of ether oxygens (including phenoxy) is 1. The average Bonchev–Trinajstić information content (AvgIpc) is 2.20. The molecule has 0 aromatic heterocycles. The quantitative estimate of drug-likeness (QED) is 0.844. The van der Waals surface area contributed by atoms with Crippen LogP contribution in [-0.4, -0.2) is 18.1 Å². The van der Waals surface area contributed by atoms with Crippen LogP contribution in [0.25, 0.3) is 0 Å². The van der Waals surface area contributed by atoms with Crippen molar-refractivity contribution in [2.45, 2.75) is 26.4 Å². The number of benzene rings is 1. The molecule has 0 spiro atoms. The lowest BCUT2D eigenvalue weighted by molar-refractivity contribution is -0.125. The zero-order chi connectivity index (χ0) is 13.1. The van der Waals surface area contributed by atoms with Crippen LogP contribution in [0, 0.1) is 0 Å². The third-order valence-electron chi connectivity index (χ3n) is 1.92. The zero-order valence-electron chi connectivity index (χ0n) is 10.2. The summed E-state index contributed by atoms with van der Waals surface area (Å²) in [6, 6.07) is 5.25. The van der Waals surface area contributed by atoms with Crippen molar-refractivity contribution < 1.29 is 9.53 Å². The summed E-state index contributed by atoms with van der Waals surface area (Å²) in [6.45, 7) is 5.73. The van der Waals surface area contributed by atoms with E-state index in [-0.39, 0.29) is 18.1 Å². The topological polar surface area (TPSA) is 64.3 Å². The maximum atomic E-state index is 11.6. The van der Waals surface area contributed by atoms with Gasteiger partial charge in [-0.2, -0.15) is 0 Å². The first-order chi connectivity index (χ1) is 7.78. The molecule has 0 saturated carbocycles. The number of hydrogen-bond acceptors (Lipinski definition) is 3. The minimum Gasteiger partial charge on any atom is -0.398 e. The number of amides is 1. The van der Waals surface area contributed by atoms with Gasteiger partial charge in [0.25, 0.3) is 0 Å². The van der Waals surface area contributed by atoms with E-state index < -0.39 is 0 Å². The zero-order valence-corrected chi connectivity index (χ0v) is 11.8. The molecule has 0 aliphatic heterocycles. The summed E-state index contributed by atoms with van der Waals surface area (Å²) in [5.74, 6) is -0.193. The van der Waals surface area contributed by atoms with E-state index in [4.69, 9.17) is 10.5 Å². The van der Waals surface area contributed by atoms with Crippen molar-refractivity contribution in [2.75, 3.05) is 17.7 Å².